The zero-order valence-corrected chi connectivity index (χ0v) is 18.6. The number of aryl methyl sites for hydroxylation is 1. The van der Waals surface area contributed by atoms with Crippen LogP contribution < -0.4 is 20.5 Å². The molecule has 2 aromatic rings. The van der Waals surface area contributed by atoms with Crippen molar-refractivity contribution >= 4 is 35.6 Å². The summed E-state index contributed by atoms with van der Waals surface area (Å²) in [5, 5.41) is 3.10. The average Bonchev–Trinajstić information content (AvgIpc) is 2.63. The summed E-state index contributed by atoms with van der Waals surface area (Å²) in [5.41, 5.74) is 8.16. The lowest BCUT2D eigenvalue weighted by Crippen LogP contribution is -2.22. The fraction of sp³-hybridized carbons (Fsp3) is 0.381. The molecule has 0 aliphatic heterocycles. The van der Waals surface area contributed by atoms with Crippen LogP contribution in [0.15, 0.2) is 53.5 Å². The molecule has 0 saturated carbocycles. The van der Waals surface area contributed by atoms with E-state index in [1.807, 2.05) is 50.2 Å². The average molecular weight is 483 g/mol. The smallest absolute Gasteiger partial charge is 0.193 e. The predicted octanol–water partition coefficient (Wildman–Crippen LogP) is 4.85. The molecule has 0 spiro atoms. The number of rotatable bonds is 9. The molecule has 0 amide bonds. The third-order valence-electron chi connectivity index (χ3n) is 3.81. The Morgan fingerprint density at radius 3 is 2.22 bits per heavy atom. The van der Waals surface area contributed by atoms with E-state index in [-0.39, 0.29) is 30.1 Å². The van der Waals surface area contributed by atoms with Gasteiger partial charge in [0.15, 0.2) is 5.96 Å². The third kappa shape index (κ3) is 8.99. The van der Waals surface area contributed by atoms with Crippen LogP contribution in [0.2, 0.25) is 0 Å². The number of nitrogens with zero attached hydrogens (tertiary/aromatic N) is 1. The molecule has 2 aromatic carbocycles. The molecule has 0 saturated heterocycles. The van der Waals surface area contributed by atoms with Crippen LogP contribution in [-0.4, -0.2) is 25.7 Å². The minimum Gasteiger partial charge on any atom is -0.497 e. The van der Waals surface area contributed by atoms with Crippen molar-refractivity contribution in [2.75, 3.05) is 19.0 Å². The molecule has 27 heavy (non-hydrogen) atoms. The number of hydrogen-bond acceptors (Lipinski definition) is 3. The summed E-state index contributed by atoms with van der Waals surface area (Å²) in [7, 11) is 1.68. The van der Waals surface area contributed by atoms with E-state index in [1.54, 1.807) is 7.11 Å². The maximum absolute atomic E-state index is 5.94. The Labute approximate surface area is 179 Å². The Morgan fingerprint density at radius 1 is 1.00 bits per heavy atom. The summed E-state index contributed by atoms with van der Waals surface area (Å²) < 4.78 is 10.8. The molecule has 0 fully saturated rings. The van der Waals surface area contributed by atoms with Gasteiger partial charge in [-0.3, -0.25) is 4.99 Å². The van der Waals surface area contributed by atoms with Crippen molar-refractivity contribution in [3.8, 4) is 11.5 Å². The number of guanidine groups is 1. The molecule has 0 bridgehead atoms. The van der Waals surface area contributed by atoms with E-state index in [2.05, 4.69) is 22.4 Å². The van der Waals surface area contributed by atoms with Gasteiger partial charge in [0.1, 0.15) is 11.5 Å². The fourth-order valence-corrected chi connectivity index (χ4v) is 2.51. The second-order valence-corrected chi connectivity index (χ2v) is 6.39. The van der Waals surface area contributed by atoms with E-state index in [4.69, 9.17) is 15.2 Å². The first kappa shape index (κ1) is 23.1. The van der Waals surface area contributed by atoms with Gasteiger partial charge in [0.2, 0.25) is 0 Å². The minimum absolute atomic E-state index is 0. The second kappa shape index (κ2) is 12.4. The fourth-order valence-electron chi connectivity index (χ4n) is 2.51. The Hall–Kier alpha value is -1.96. The van der Waals surface area contributed by atoms with Crippen molar-refractivity contribution in [1.82, 2.24) is 0 Å². The summed E-state index contributed by atoms with van der Waals surface area (Å²) in [5.74, 6) is 2.17. The molecular formula is C21H30IN3O2. The lowest BCUT2D eigenvalue weighted by atomic mass is 10.1. The first-order valence-electron chi connectivity index (χ1n) is 9.03. The lowest BCUT2D eigenvalue weighted by Gasteiger charge is -2.11. The van der Waals surface area contributed by atoms with Crippen LogP contribution >= 0.6 is 24.0 Å². The van der Waals surface area contributed by atoms with Crippen LogP contribution in [0.1, 0.15) is 32.3 Å². The van der Waals surface area contributed by atoms with Gasteiger partial charge in [-0.15, -0.1) is 24.0 Å². The number of hydrogen-bond donors (Lipinski definition) is 2. The maximum Gasteiger partial charge on any atom is 0.193 e. The molecule has 0 aliphatic carbocycles. The van der Waals surface area contributed by atoms with Gasteiger partial charge in [-0.2, -0.15) is 0 Å². The summed E-state index contributed by atoms with van der Waals surface area (Å²) in [6.07, 6.45) is 3.27. The van der Waals surface area contributed by atoms with Gasteiger partial charge in [-0.25, -0.2) is 0 Å². The lowest BCUT2D eigenvalue weighted by molar-refractivity contribution is 0.242. The standard InChI is InChI=1S/C21H29N3O2.HI/c1-16(2)26-20-13-9-18(10-14-20)24-21(22)23-15-5-4-6-17-7-11-19(25-3)12-8-17;/h7-14,16H,4-6,15H2,1-3H3,(H3,22,23,24);1H. The van der Waals surface area contributed by atoms with Gasteiger partial charge in [0, 0.05) is 12.2 Å². The van der Waals surface area contributed by atoms with E-state index < -0.39 is 0 Å². The van der Waals surface area contributed by atoms with Crippen LogP contribution in [0, 0.1) is 0 Å². The number of nitrogens with two attached hydrogens (primary N) is 1. The van der Waals surface area contributed by atoms with Crippen molar-refractivity contribution in [2.24, 2.45) is 10.7 Å². The first-order chi connectivity index (χ1) is 12.6. The number of unbranched alkanes of at least 4 members (excludes halogenated alkanes) is 1. The topological polar surface area (TPSA) is 68.9 Å². The highest BCUT2D eigenvalue weighted by molar-refractivity contribution is 14.0. The van der Waals surface area contributed by atoms with Crippen LogP contribution in [0.25, 0.3) is 0 Å². The van der Waals surface area contributed by atoms with Crippen molar-refractivity contribution in [3.05, 3.63) is 54.1 Å². The van der Waals surface area contributed by atoms with Gasteiger partial charge in [-0.1, -0.05) is 12.1 Å². The van der Waals surface area contributed by atoms with Crippen LogP contribution in [-0.2, 0) is 6.42 Å². The quantitative estimate of drug-likeness (QED) is 0.232. The van der Waals surface area contributed by atoms with Crippen molar-refractivity contribution < 1.29 is 9.47 Å². The van der Waals surface area contributed by atoms with Crippen molar-refractivity contribution in [3.63, 3.8) is 0 Å². The highest BCUT2D eigenvalue weighted by Crippen LogP contribution is 2.17. The predicted molar refractivity (Wildman–Crippen MR) is 124 cm³/mol. The highest BCUT2D eigenvalue weighted by Gasteiger charge is 1.99. The van der Waals surface area contributed by atoms with Crippen molar-refractivity contribution in [1.29, 1.82) is 0 Å². The molecule has 0 atom stereocenters. The zero-order valence-electron chi connectivity index (χ0n) is 16.3. The van der Waals surface area contributed by atoms with E-state index in [1.165, 1.54) is 5.56 Å². The summed E-state index contributed by atoms with van der Waals surface area (Å²) in [6.45, 7) is 4.72. The molecule has 0 heterocycles. The summed E-state index contributed by atoms with van der Waals surface area (Å²) in [6, 6.07) is 15.9. The van der Waals surface area contributed by atoms with Gasteiger partial charge in [0.05, 0.1) is 13.2 Å². The van der Waals surface area contributed by atoms with Gasteiger partial charge in [0.25, 0.3) is 0 Å². The van der Waals surface area contributed by atoms with Gasteiger partial charge in [-0.05, 0) is 75.1 Å². The number of halogens is 1. The molecule has 0 aliphatic rings. The second-order valence-electron chi connectivity index (χ2n) is 6.39. The van der Waals surface area contributed by atoms with Crippen LogP contribution in [0.4, 0.5) is 5.69 Å². The van der Waals surface area contributed by atoms with Crippen LogP contribution in [0.3, 0.4) is 0 Å². The number of aliphatic imine (C=N–C) groups is 1. The number of benzene rings is 2. The normalized spacial score (nSPS) is 11.0. The Bertz CT molecular complexity index is 686. The number of anilines is 1. The molecular weight excluding hydrogens is 453 g/mol. The van der Waals surface area contributed by atoms with Crippen LogP contribution in [0.5, 0.6) is 11.5 Å². The number of nitrogens with one attached hydrogen (secondary N) is 1. The largest absolute Gasteiger partial charge is 0.497 e. The molecule has 148 valence electrons. The molecule has 5 nitrogen and oxygen atoms in total. The molecule has 0 aromatic heterocycles. The van der Waals surface area contributed by atoms with E-state index in [0.29, 0.717) is 12.5 Å². The zero-order chi connectivity index (χ0) is 18.8. The minimum atomic E-state index is 0. The van der Waals surface area contributed by atoms with Gasteiger partial charge >= 0.3 is 0 Å². The Morgan fingerprint density at radius 2 is 1.63 bits per heavy atom. The van der Waals surface area contributed by atoms with E-state index >= 15 is 0 Å². The Kier molecular flexibility index (Phi) is 10.6. The maximum atomic E-state index is 5.94. The van der Waals surface area contributed by atoms with E-state index in [9.17, 15) is 0 Å². The SMILES string of the molecule is COc1ccc(CCCCN=C(N)Nc2ccc(OC(C)C)cc2)cc1.I. The number of ether oxygens (including phenoxy) is 2. The third-order valence-corrected chi connectivity index (χ3v) is 3.81. The van der Waals surface area contributed by atoms with E-state index in [0.717, 1.165) is 36.4 Å². The highest BCUT2D eigenvalue weighted by atomic mass is 127. The molecule has 6 heteroatoms. The Balaban J connectivity index is 0.00000364. The monoisotopic (exact) mass is 483 g/mol. The number of methoxy groups -OCH3 is 1. The van der Waals surface area contributed by atoms with Gasteiger partial charge < -0.3 is 20.5 Å². The molecule has 2 rings (SSSR count). The summed E-state index contributed by atoms with van der Waals surface area (Å²) in [4.78, 5) is 4.38. The molecule has 0 radical (unpaired) electrons. The molecule has 0 unspecified atom stereocenters. The first-order valence-corrected chi connectivity index (χ1v) is 9.03. The van der Waals surface area contributed by atoms with Crippen molar-refractivity contribution in [2.45, 2.75) is 39.2 Å². The summed E-state index contributed by atoms with van der Waals surface area (Å²) >= 11 is 0. The molecule has 3 N–H and O–H groups in total.